The van der Waals surface area contributed by atoms with Crippen molar-refractivity contribution in [1.82, 2.24) is 9.97 Å². The molecule has 2 aromatic heterocycles. The molecule has 0 saturated heterocycles. The van der Waals surface area contributed by atoms with Gasteiger partial charge in [-0.05, 0) is 51.0 Å². The van der Waals surface area contributed by atoms with Crippen molar-refractivity contribution in [2.24, 2.45) is 4.99 Å². The van der Waals surface area contributed by atoms with Crippen LogP contribution >= 0.6 is 0 Å². The van der Waals surface area contributed by atoms with Crippen molar-refractivity contribution in [2.45, 2.75) is 27.7 Å². The van der Waals surface area contributed by atoms with Crippen molar-refractivity contribution < 1.29 is 0 Å². The van der Waals surface area contributed by atoms with E-state index in [2.05, 4.69) is 20.3 Å². The second-order valence-corrected chi connectivity index (χ2v) is 4.61. The molecule has 2 rings (SSSR count). The fourth-order valence-electron chi connectivity index (χ4n) is 1.67. The molecule has 2 aromatic rings. The Hall–Kier alpha value is -2.23. The van der Waals surface area contributed by atoms with E-state index in [9.17, 15) is 0 Å². The van der Waals surface area contributed by atoms with Gasteiger partial charge in [-0.2, -0.15) is 0 Å². The Bertz CT molecular complexity index is 618. The highest BCUT2D eigenvalue weighted by molar-refractivity contribution is 5.77. The molecule has 0 unspecified atom stereocenters. The predicted molar refractivity (Wildman–Crippen MR) is 79.2 cm³/mol. The Balaban J connectivity index is 2.15. The summed E-state index contributed by atoms with van der Waals surface area (Å²) >= 11 is 0. The average molecular weight is 254 g/mol. The third-order valence-electron chi connectivity index (χ3n) is 2.83. The number of aromatic nitrogens is 2. The fraction of sp³-hybridized carbons (Fsp3) is 0.267. The summed E-state index contributed by atoms with van der Waals surface area (Å²) in [4.78, 5) is 13.2. The van der Waals surface area contributed by atoms with Gasteiger partial charge in [0, 0.05) is 11.4 Å². The maximum absolute atomic E-state index is 4.42. The maximum Gasteiger partial charge on any atom is 0.156 e. The van der Waals surface area contributed by atoms with E-state index >= 15 is 0 Å². The monoisotopic (exact) mass is 254 g/mol. The van der Waals surface area contributed by atoms with Crippen LogP contribution in [0.1, 0.15) is 22.5 Å². The number of nitrogens with one attached hydrogen (secondary N) is 1. The van der Waals surface area contributed by atoms with Crippen LogP contribution in [0.4, 0.5) is 11.6 Å². The quantitative estimate of drug-likeness (QED) is 0.674. The molecular weight excluding hydrogens is 236 g/mol. The third kappa shape index (κ3) is 3.37. The molecule has 0 aliphatic rings. The van der Waals surface area contributed by atoms with Gasteiger partial charge in [0.25, 0.3) is 0 Å². The van der Waals surface area contributed by atoms with Gasteiger partial charge in [0.15, 0.2) is 5.82 Å². The Morgan fingerprint density at radius 2 is 1.53 bits per heavy atom. The molecule has 0 spiro atoms. The number of aryl methyl sites for hydroxylation is 4. The first kappa shape index (κ1) is 13.2. The number of anilines is 1. The van der Waals surface area contributed by atoms with Crippen molar-refractivity contribution in [1.29, 1.82) is 0 Å². The molecule has 0 radical (unpaired) electrons. The molecule has 98 valence electrons. The minimum atomic E-state index is 0.734. The molecule has 2 heterocycles. The van der Waals surface area contributed by atoms with Crippen LogP contribution in [0.2, 0.25) is 0 Å². The normalized spacial score (nSPS) is 10.9. The Labute approximate surface area is 113 Å². The van der Waals surface area contributed by atoms with E-state index in [1.54, 1.807) is 6.34 Å². The van der Waals surface area contributed by atoms with Gasteiger partial charge in [-0.1, -0.05) is 12.1 Å². The van der Waals surface area contributed by atoms with Crippen LogP contribution in [0.5, 0.6) is 0 Å². The summed E-state index contributed by atoms with van der Waals surface area (Å²) in [5.41, 5.74) is 4.08. The zero-order valence-corrected chi connectivity index (χ0v) is 11.7. The molecule has 0 aromatic carbocycles. The summed E-state index contributed by atoms with van der Waals surface area (Å²) in [6.07, 6.45) is 1.64. The number of aliphatic imine (C=N–C) groups is 1. The first-order chi connectivity index (χ1) is 9.06. The molecule has 0 aliphatic heterocycles. The van der Waals surface area contributed by atoms with Crippen LogP contribution in [0.25, 0.3) is 0 Å². The fourth-order valence-corrected chi connectivity index (χ4v) is 1.67. The number of hydrogen-bond donors (Lipinski definition) is 1. The van der Waals surface area contributed by atoms with Crippen LogP contribution in [0, 0.1) is 27.7 Å². The maximum atomic E-state index is 4.42. The third-order valence-corrected chi connectivity index (χ3v) is 2.83. The topological polar surface area (TPSA) is 50.2 Å². The van der Waals surface area contributed by atoms with Crippen molar-refractivity contribution in [3.05, 3.63) is 46.8 Å². The zero-order chi connectivity index (χ0) is 13.8. The first-order valence-electron chi connectivity index (χ1n) is 6.24. The van der Waals surface area contributed by atoms with Gasteiger partial charge in [-0.15, -0.1) is 0 Å². The minimum Gasteiger partial charge on any atom is -0.331 e. The van der Waals surface area contributed by atoms with Crippen molar-refractivity contribution in [2.75, 3.05) is 5.32 Å². The summed E-state index contributed by atoms with van der Waals surface area (Å²) in [5.74, 6) is 1.56. The van der Waals surface area contributed by atoms with Gasteiger partial charge >= 0.3 is 0 Å². The molecule has 0 saturated carbocycles. The lowest BCUT2D eigenvalue weighted by Crippen LogP contribution is -2.01. The Kier molecular flexibility index (Phi) is 3.90. The molecule has 0 bridgehead atoms. The van der Waals surface area contributed by atoms with E-state index in [0.29, 0.717) is 0 Å². The van der Waals surface area contributed by atoms with Crippen LogP contribution < -0.4 is 5.32 Å². The lowest BCUT2D eigenvalue weighted by atomic mass is 10.2. The SMILES string of the molecule is Cc1ccc(C)c(/N=C/Nc2nc(C)ccc2C)n1. The molecule has 19 heavy (non-hydrogen) atoms. The van der Waals surface area contributed by atoms with Gasteiger partial charge in [-0.25, -0.2) is 15.0 Å². The molecular formula is C15H18N4. The molecule has 0 fully saturated rings. The second-order valence-electron chi connectivity index (χ2n) is 4.61. The van der Waals surface area contributed by atoms with E-state index in [4.69, 9.17) is 0 Å². The van der Waals surface area contributed by atoms with Crippen molar-refractivity contribution >= 4 is 18.0 Å². The highest BCUT2D eigenvalue weighted by atomic mass is 15.0. The number of hydrogen-bond acceptors (Lipinski definition) is 3. The van der Waals surface area contributed by atoms with Gasteiger partial charge in [0.05, 0.1) is 6.34 Å². The van der Waals surface area contributed by atoms with E-state index in [-0.39, 0.29) is 0 Å². The molecule has 1 N–H and O–H groups in total. The summed E-state index contributed by atoms with van der Waals surface area (Å²) in [5, 5.41) is 3.11. The lowest BCUT2D eigenvalue weighted by molar-refractivity contribution is 1.15. The van der Waals surface area contributed by atoms with Crippen LogP contribution in [0.3, 0.4) is 0 Å². The second kappa shape index (κ2) is 5.61. The van der Waals surface area contributed by atoms with Crippen LogP contribution in [-0.2, 0) is 0 Å². The lowest BCUT2D eigenvalue weighted by Gasteiger charge is -2.05. The zero-order valence-electron chi connectivity index (χ0n) is 11.7. The molecule has 4 heteroatoms. The molecule has 0 aliphatic carbocycles. The summed E-state index contributed by atoms with van der Waals surface area (Å²) < 4.78 is 0. The number of pyridine rings is 2. The average Bonchev–Trinajstić information content (AvgIpc) is 2.38. The predicted octanol–water partition coefficient (Wildman–Crippen LogP) is 3.48. The smallest absolute Gasteiger partial charge is 0.156 e. The van der Waals surface area contributed by atoms with Crippen molar-refractivity contribution in [3.63, 3.8) is 0 Å². The Morgan fingerprint density at radius 1 is 0.895 bits per heavy atom. The molecule has 4 nitrogen and oxygen atoms in total. The van der Waals surface area contributed by atoms with E-state index < -0.39 is 0 Å². The van der Waals surface area contributed by atoms with E-state index in [1.807, 2.05) is 52.0 Å². The largest absolute Gasteiger partial charge is 0.331 e. The molecule has 0 atom stereocenters. The highest BCUT2D eigenvalue weighted by Gasteiger charge is 1.99. The highest BCUT2D eigenvalue weighted by Crippen LogP contribution is 2.15. The number of nitrogens with zero attached hydrogens (tertiary/aromatic N) is 3. The summed E-state index contributed by atoms with van der Waals surface area (Å²) in [7, 11) is 0. The van der Waals surface area contributed by atoms with Gasteiger partial charge in [-0.3, -0.25) is 0 Å². The minimum absolute atomic E-state index is 0.734. The van der Waals surface area contributed by atoms with Crippen LogP contribution in [0.15, 0.2) is 29.3 Å². The van der Waals surface area contributed by atoms with Crippen molar-refractivity contribution in [3.8, 4) is 0 Å². The van der Waals surface area contributed by atoms with Crippen LogP contribution in [-0.4, -0.2) is 16.3 Å². The summed E-state index contributed by atoms with van der Waals surface area (Å²) in [6, 6.07) is 8.03. The Morgan fingerprint density at radius 3 is 2.26 bits per heavy atom. The number of rotatable bonds is 3. The van der Waals surface area contributed by atoms with Gasteiger partial charge in [0.2, 0.25) is 0 Å². The standard InChI is InChI=1S/C15H18N4/c1-10-5-7-12(3)18-14(10)16-9-17-15-11(2)6-8-13(4)19-15/h5-9H,1-4H3,(H,16,17,18,19). The van der Waals surface area contributed by atoms with E-state index in [0.717, 1.165) is 34.2 Å². The van der Waals surface area contributed by atoms with Gasteiger partial charge in [0.1, 0.15) is 5.82 Å². The summed E-state index contributed by atoms with van der Waals surface area (Å²) in [6.45, 7) is 7.93. The first-order valence-corrected chi connectivity index (χ1v) is 6.24. The molecule has 0 amide bonds. The van der Waals surface area contributed by atoms with Gasteiger partial charge < -0.3 is 5.32 Å². The van der Waals surface area contributed by atoms with E-state index in [1.165, 1.54) is 0 Å².